The molecule has 24 heavy (non-hydrogen) atoms. The number of esters is 1. The molecule has 0 saturated carbocycles. The van der Waals surface area contributed by atoms with Crippen molar-refractivity contribution < 1.29 is 19.1 Å². The number of amides is 1. The van der Waals surface area contributed by atoms with E-state index in [0.29, 0.717) is 11.3 Å². The Morgan fingerprint density at radius 1 is 1.33 bits per heavy atom. The average molecular weight is 330 g/mol. The molecule has 1 rings (SSSR count). The smallest absolute Gasteiger partial charge is 0.349 e. The number of rotatable bonds is 8. The predicted molar refractivity (Wildman–Crippen MR) is 90.1 cm³/mol. The SMILES string of the molecule is CCC(CC)NC(=O)COC(=O)/C(C#N)=C/c1cccc(OC)c1. The van der Waals surface area contributed by atoms with Gasteiger partial charge in [-0.1, -0.05) is 26.0 Å². The minimum atomic E-state index is -0.833. The Morgan fingerprint density at radius 2 is 2.04 bits per heavy atom. The van der Waals surface area contributed by atoms with Gasteiger partial charge in [0.1, 0.15) is 17.4 Å². The van der Waals surface area contributed by atoms with E-state index in [0.717, 1.165) is 12.8 Å². The van der Waals surface area contributed by atoms with E-state index in [4.69, 9.17) is 14.7 Å². The Kier molecular flexibility index (Phi) is 8.06. The third-order valence-corrected chi connectivity index (χ3v) is 3.43. The molecule has 1 N–H and O–H groups in total. The van der Waals surface area contributed by atoms with E-state index in [1.54, 1.807) is 30.3 Å². The molecule has 6 heteroatoms. The van der Waals surface area contributed by atoms with Gasteiger partial charge < -0.3 is 14.8 Å². The highest BCUT2D eigenvalue weighted by atomic mass is 16.5. The molecule has 0 aromatic heterocycles. The number of hydrogen-bond donors (Lipinski definition) is 1. The van der Waals surface area contributed by atoms with Crippen molar-refractivity contribution in [3.8, 4) is 11.8 Å². The molecule has 1 aromatic rings. The molecule has 0 fully saturated rings. The lowest BCUT2D eigenvalue weighted by atomic mass is 10.1. The summed E-state index contributed by atoms with van der Waals surface area (Å²) in [6.07, 6.45) is 2.99. The van der Waals surface area contributed by atoms with Crippen molar-refractivity contribution in [3.05, 3.63) is 35.4 Å². The Bertz CT molecular complexity index is 643. The Balaban J connectivity index is 2.68. The van der Waals surface area contributed by atoms with Gasteiger partial charge in [0.05, 0.1) is 7.11 Å². The van der Waals surface area contributed by atoms with Crippen LogP contribution in [-0.4, -0.2) is 31.6 Å². The van der Waals surface area contributed by atoms with Gasteiger partial charge in [0.15, 0.2) is 6.61 Å². The van der Waals surface area contributed by atoms with Gasteiger partial charge in [0.25, 0.3) is 5.91 Å². The van der Waals surface area contributed by atoms with Crippen LogP contribution in [0.5, 0.6) is 5.75 Å². The second-order valence-electron chi connectivity index (χ2n) is 5.10. The molecule has 0 aliphatic heterocycles. The van der Waals surface area contributed by atoms with Crippen molar-refractivity contribution in [2.45, 2.75) is 32.7 Å². The first kappa shape index (κ1) is 19.2. The number of nitrogens with zero attached hydrogens (tertiary/aromatic N) is 1. The first-order chi connectivity index (χ1) is 11.5. The van der Waals surface area contributed by atoms with Crippen LogP contribution in [0.4, 0.5) is 0 Å². The number of benzene rings is 1. The number of hydrogen-bond acceptors (Lipinski definition) is 5. The fourth-order valence-corrected chi connectivity index (χ4v) is 2.01. The summed E-state index contributed by atoms with van der Waals surface area (Å²) >= 11 is 0. The standard InChI is InChI=1S/C18H22N2O4/c1-4-15(5-2)20-17(21)12-24-18(22)14(11-19)9-13-7-6-8-16(10-13)23-3/h6-10,15H,4-5,12H2,1-3H3,(H,20,21)/b14-9+. The summed E-state index contributed by atoms with van der Waals surface area (Å²) in [4.78, 5) is 23.7. The number of ether oxygens (including phenoxy) is 2. The largest absolute Gasteiger partial charge is 0.497 e. The van der Waals surface area contributed by atoms with Crippen LogP contribution in [0.25, 0.3) is 6.08 Å². The van der Waals surface area contributed by atoms with E-state index in [1.165, 1.54) is 13.2 Å². The molecule has 128 valence electrons. The summed E-state index contributed by atoms with van der Waals surface area (Å²) in [6.45, 7) is 3.52. The molecular weight excluding hydrogens is 308 g/mol. The molecule has 6 nitrogen and oxygen atoms in total. The van der Waals surface area contributed by atoms with Gasteiger partial charge in [-0.25, -0.2) is 4.79 Å². The first-order valence-corrected chi connectivity index (χ1v) is 7.76. The number of carbonyl (C=O) groups is 2. The van der Waals surface area contributed by atoms with Crippen LogP contribution in [-0.2, 0) is 14.3 Å². The lowest BCUT2D eigenvalue weighted by Crippen LogP contribution is -2.36. The molecule has 0 saturated heterocycles. The Hall–Kier alpha value is -2.81. The number of carbonyl (C=O) groups excluding carboxylic acids is 2. The summed E-state index contributed by atoms with van der Waals surface area (Å²) < 4.78 is 9.99. The van der Waals surface area contributed by atoms with Crippen molar-refractivity contribution in [3.63, 3.8) is 0 Å². The maximum absolute atomic E-state index is 11.9. The number of nitrogens with one attached hydrogen (secondary N) is 1. The summed E-state index contributed by atoms with van der Waals surface area (Å²) in [5.74, 6) is -0.602. The zero-order valence-corrected chi connectivity index (χ0v) is 14.2. The maximum atomic E-state index is 11.9. The van der Waals surface area contributed by atoms with Gasteiger partial charge >= 0.3 is 5.97 Å². The first-order valence-electron chi connectivity index (χ1n) is 7.76. The van der Waals surface area contributed by atoms with Crippen LogP contribution in [0.1, 0.15) is 32.3 Å². The molecule has 0 bridgehead atoms. The molecule has 0 atom stereocenters. The van der Waals surface area contributed by atoms with E-state index in [-0.39, 0.29) is 17.5 Å². The van der Waals surface area contributed by atoms with Crippen LogP contribution < -0.4 is 10.1 Å². The minimum absolute atomic E-state index is 0.0546. The lowest BCUT2D eigenvalue weighted by Gasteiger charge is -2.14. The summed E-state index contributed by atoms with van der Waals surface area (Å²) in [5, 5.41) is 11.9. The third kappa shape index (κ3) is 6.13. The van der Waals surface area contributed by atoms with Crippen molar-refractivity contribution in [1.82, 2.24) is 5.32 Å². The van der Waals surface area contributed by atoms with Gasteiger partial charge in [0.2, 0.25) is 0 Å². The maximum Gasteiger partial charge on any atom is 0.349 e. The van der Waals surface area contributed by atoms with Crippen LogP contribution in [0.15, 0.2) is 29.8 Å². The fraction of sp³-hybridized carbons (Fsp3) is 0.389. The van der Waals surface area contributed by atoms with E-state index < -0.39 is 12.6 Å². The van der Waals surface area contributed by atoms with Gasteiger partial charge in [-0.3, -0.25) is 4.79 Å². The molecule has 0 unspecified atom stereocenters. The second-order valence-corrected chi connectivity index (χ2v) is 5.10. The highest BCUT2D eigenvalue weighted by Gasteiger charge is 2.14. The monoisotopic (exact) mass is 330 g/mol. The molecule has 0 heterocycles. The molecule has 0 aliphatic carbocycles. The summed E-state index contributed by atoms with van der Waals surface area (Å²) in [7, 11) is 1.53. The molecular formula is C18H22N2O4. The second kappa shape index (κ2) is 10.1. The average Bonchev–Trinajstić information content (AvgIpc) is 2.62. The lowest BCUT2D eigenvalue weighted by molar-refractivity contribution is -0.144. The normalized spacial score (nSPS) is 10.9. The van der Waals surface area contributed by atoms with Crippen LogP contribution in [0.2, 0.25) is 0 Å². The van der Waals surface area contributed by atoms with Crippen molar-refractivity contribution in [2.75, 3.05) is 13.7 Å². The molecule has 0 radical (unpaired) electrons. The predicted octanol–water partition coefficient (Wildman–Crippen LogP) is 2.45. The van der Waals surface area contributed by atoms with Gasteiger partial charge in [-0.15, -0.1) is 0 Å². The number of methoxy groups -OCH3 is 1. The highest BCUT2D eigenvalue weighted by molar-refractivity contribution is 5.98. The Labute approximate surface area is 142 Å². The van der Waals surface area contributed by atoms with Gasteiger partial charge in [-0.05, 0) is 36.6 Å². The van der Waals surface area contributed by atoms with Gasteiger partial charge in [-0.2, -0.15) is 5.26 Å². The molecule has 0 spiro atoms. The topological polar surface area (TPSA) is 88.4 Å². The minimum Gasteiger partial charge on any atom is -0.497 e. The highest BCUT2D eigenvalue weighted by Crippen LogP contribution is 2.15. The molecule has 1 amide bonds. The van der Waals surface area contributed by atoms with Crippen LogP contribution in [0, 0.1) is 11.3 Å². The zero-order valence-electron chi connectivity index (χ0n) is 14.2. The van der Waals surface area contributed by atoms with Crippen molar-refractivity contribution in [2.24, 2.45) is 0 Å². The van der Waals surface area contributed by atoms with Crippen LogP contribution in [0.3, 0.4) is 0 Å². The zero-order chi connectivity index (χ0) is 17.9. The Morgan fingerprint density at radius 3 is 2.62 bits per heavy atom. The van der Waals surface area contributed by atoms with E-state index in [9.17, 15) is 9.59 Å². The molecule has 1 aromatic carbocycles. The van der Waals surface area contributed by atoms with Crippen LogP contribution >= 0.6 is 0 Å². The summed E-state index contributed by atoms with van der Waals surface area (Å²) in [6, 6.07) is 8.76. The van der Waals surface area contributed by atoms with Crippen molar-refractivity contribution in [1.29, 1.82) is 5.26 Å². The van der Waals surface area contributed by atoms with E-state index in [1.807, 2.05) is 13.8 Å². The fourth-order valence-electron chi connectivity index (χ4n) is 2.01. The molecule has 0 aliphatic rings. The third-order valence-electron chi connectivity index (χ3n) is 3.43. The number of nitriles is 1. The van der Waals surface area contributed by atoms with Gasteiger partial charge in [0, 0.05) is 6.04 Å². The quantitative estimate of drug-likeness (QED) is 0.449. The summed E-state index contributed by atoms with van der Waals surface area (Å²) in [5.41, 5.74) is 0.447. The van der Waals surface area contributed by atoms with E-state index >= 15 is 0 Å². The van der Waals surface area contributed by atoms with Crippen molar-refractivity contribution >= 4 is 18.0 Å². The van der Waals surface area contributed by atoms with E-state index in [2.05, 4.69) is 5.32 Å².